The minimum Gasteiger partial charge on any atom is -0.494 e. The predicted octanol–water partition coefficient (Wildman–Crippen LogP) is 2.44. The highest BCUT2D eigenvalue weighted by atomic mass is 79.9. The summed E-state index contributed by atoms with van der Waals surface area (Å²) in [5, 5.41) is 11.1. The van der Waals surface area contributed by atoms with Crippen LogP contribution in [0.4, 0.5) is 5.69 Å². The van der Waals surface area contributed by atoms with Crippen LogP contribution in [0.3, 0.4) is 0 Å². The van der Waals surface area contributed by atoms with E-state index in [1.54, 1.807) is 24.3 Å². The Morgan fingerprint density at radius 2 is 1.74 bits per heavy atom. The lowest BCUT2D eigenvalue weighted by Crippen LogP contribution is -3.18. The van der Waals surface area contributed by atoms with Gasteiger partial charge in [0.2, 0.25) is 5.91 Å². The number of benzene rings is 2. The Balaban J connectivity index is 1.42. The van der Waals surface area contributed by atoms with E-state index in [4.69, 9.17) is 4.74 Å². The van der Waals surface area contributed by atoms with Crippen LogP contribution in [-0.4, -0.2) is 42.7 Å². The van der Waals surface area contributed by atoms with Crippen molar-refractivity contribution in [2.24, 2.45) is 0 Å². The number of piperidine rings is 1. The molecule has 164 valence electrons. The molecule has 0 aliphatic carbocycles. The maximum Gasteiger partial charge on any atom is 0.292 e. The predicted molar refractivity (Wildman–Crippen MR) is 121 cm³/mol. The van der Waals surface area contributed by atoms with Gasteiger partial charge < -0.3 is 14.7 Å². The first-order valence-electron chi connectivity index (χ1n) is 10.8. The van der Waals surface area contributed by atoms with Crippen molar-refractivity contribution in [1.29, 1.82) is 0 Å². The summed E-state index contributed by atoms with van der Waals surface area (Å²) in [6.07, 6.45) is 2.25. The molecule has 0 saturated carbocycles. The molecule has 6 nitrogen and oxygen atoms in total. The summed E-state index contributed by atoms with van der Waals surface area (Å²) >= 11 is 3.43. The molecular formula is C24H28BrN2O4+. The number of imide groups is 1. The van der Waals surface area contributed by atoms with Gasteiger partial charge >= 0.3 is 0 Å². The summed E-state index contributed by atoms with van der Waals surface area (Å²) in [7, 11) is 0. The van der Waals surface area contributed by atoms with Gasteiger partial charge in [0, 0.05) is 17.3 Å². The highest BCUT2D eigenvalue weighted by molar-refractivity contribution is 9.10. The summed E-state index contributed by atoms with van der Waals surface area (Å²) < 4.78 is 6.56. The van der Waals surface area contributed by atoms with Gasteiger partial charge in [0.15, 0.2) is 6.04 Å². The minimum atomic E-state index is -0.885. The third-order valence-electron chi connectivity index (χ3n) is 6.31. The van der Waals surface area contributed by atoms with Crippen LogP contribution < -0.4 is 14.5 Å². The smallest absolute Gasteiger partial charge is 0.292 e. The molecule has 2 heterocycles. The molecule has 7 heteroatoms. The zero-order chi connectivity index (χ0) is 22.0. The van der Waals surface area contributed by atoms with Crippen LogP contribution in [0.5, 0.6) is 5.75 Å². The topological polar surface area (TPSA) is 71.3 Å². The number of likely N-dealkylation sites (tertiary alicyclic amines) is 1. The molecule has 2 N–H and O–H groups in total. The molecule has 1 atom stereocenters. The molecule has 0 unspecified atom stereocenters. The van der Waals surface area contributed by atoms with E-state index in [1.165, 1.54) is 4.90 Å². The fraction of sp³-hybridized carbons (Fsp3) is 0.417. The highest BCUT2D eigenvalue weighted by Gasteiger charge is 2.48. The normalized spacial score (nSPS) is 26.4. The molecule has 2 fully saturated rings. The van der Waals surface area contributed by atoms with Gasteiger partial charge in [0.05, 0.1) is 31.8 Å². The molecular weight excluding hydrogens is 460 g/mol. The Bertz CT molecular complexity index is 937. The Hall–Kier alpha value is -2.22. The fourth-order valence-corrected chi connectivity index (χ4v) is 4.78. The van der Waals surface area contributed by atoms with E-state index >= 15 is 0 Å². The lowest BCUT2D eigenvalue weighted by molar-refractivity contribution is -0.922. The molecule has 0 radical (unpaired) electrons. The van der Waals surface area contributed by atoms with E-state index in [1.807, 2.05) is 31.2 Å². The SMILES string of the molecule is CCCOc1ccc(N2C(=O)C[C@H]([NH+]3CCC(O)(c4ccc(Br)cc4)CC3)C2=O)cc1. The number of amides is 2. The van der Waals surface area contributed by atoms with Crippen LogP contribution in [0.15, 0.2) is 53.0 Å². The van der Waals surface area contributed by atoms with Crippen molar-refractivity contribution >= 4 is 33.4 Å². The molecule has 0 aromatic heterocycles. The minimum absolute atomic E-state index is 0.156. The van der Waals surface area contributed by atoms with Crippen LogP contribution >= 0.6 is 15.9 Å². The molecule has 2 saturated heterocycles. The Labute approximate surface area is 190 Å². The third-order valence-corrected chi connectivity index (χ3v) is 6.84. The number of ether oxygens (including phenoxy) is 1. The number of rotatable bonds is 6. The molecule has 2 amide bonds. The quantitative estimate of drug-likeness (QED) is 0.613. The summed E-state index contributed by atoms with van der Waals surface area (Å²) in [6.45, 7) is 3.97. The molecule has 2 aromatic rings. The second-order valence-corrected chi connectivity index (χ2v) is 9.28. The molecule has 4 rings (SSSR count). The van der Waals surface area contributed by atoms with Crippen molar-refractivity contribution in [3.63, 3.8) is 0 Å². The van der Waals surface area contributed by atoms with E-state index < -0.39 is 11.6 Å². The Kier molecular flexibility index (Phi) is 6.46. The molecule has 31 heavy (non-hydrogen) atoms. The number of nitrogens with one attached hydrogen (secondary N) is 1. The first-order chi connectivity index (χ1) is 14.9. The molecule has 2 aromatic carbocycles. The van der Waals surface area contributed by atoms with Gasteiger partial charge in [-0.1, -0.05) is 35.0 Å². The number of carbonyl (C=O) groups is 2. The third kappa shape index (κ3) is 4.54. The van der Waals surface area contributed by atoms with Gasteiger partial charge in [-0.2, -0.15) is 0 Å². The molecule has 0 bridgehead atoms. The lowest BCUT2D eigenvalue weighted by atomic mass is 9.84. The standard InChI is InChI=1S/C24H27BrN2O4/c1-2-15-31-20-9-7-19(8-10-20)27-22(28)16-21(23(27)29)26-13-11-24(30,12-14-26)17-3-5-18(25)6-4-17/h3-10,21,30H,2,11-16H2,1H3/p+1/t21-/m0/s1. The second-order valence-electron chi connectivity index (χ2n) is 8.36. The van der Waals surface area contributed by atoms with E-state index in [0.717, 1.165) is 27.1 Å². The van der Waals surface area contributed by atoms with Gasteiger partial charge in [0.25, 0.3) is 5.91 Å². The van der Waals surface area contributed by atoms with Crippen molar-refractivity contribution in [3.05, 3.63) is 58.6 Å². The van der Waals surface area contributed by atoms with Gasteiger partial charge in [0.1, 0.15) is 11.4 Å². The van der Waals surface area contributed by atoms with Crippen molar-refractivity contribution in [2.45, 2.75) is 44.2 Å². The van der Waals surface area contributed by atoms with Crippen LogP contribution in [-0.2, 0) is 15.2 Å². The van der Waals surface area contributed by atoms with Gasteiger partial charge in [-0.3, -0.25) is 9.59 Å². The maximum absolute atomic E-state index is 13.1. The van der Waals surface area contributed by atoms with E-state index in [9.17, 15) is 14.7 Å². The van der Waals surface area contributed by atoms with Crippen LogP contribution in [0.2, 0.25) is 0 Å². The number of quaternary nitrogens is 1. The molecule has 0 spiro atoms. The van der Waals surface area contributed by atoms with Crippen LogP contribution in [0.25, 0.3) is 0 Å². The average molecular weight is 488 g/mol. The van der Waals surface area contributed by atoms with Crippen LogP contribution in [0.1, 0.15) is 38.2 Å². The summed E-state index contributed by atoms with van der Waals surface area (Å²) in [5.41, 5.74) is 0.601. The first kappa shape index (κ1) is 22.0. The molecule has 2 aliphatic heterocycles. The van der Waals surface area contributed by atoms with Crippen molar-refractivity contribution in [2.75, 3.05) is 24.6 Å². The molecule has 2 aliphatic rings. The second kappa shape index (κ2) is 9.10. The zero-order valence-electron chi connectivity index (χ0n) is 17.6. The van der Waals surface area contributed by atoms with Gasteiger partial charge in [-0.15, -0.1) is 0 Å². The fourth-order valence-electron chi connectivity index (χ4n) is 4.52. The number of hydrogen-bond acceptors (Lipinski definition) is 4. The van der Waals surface area contributed by atoms with E-state index in [2.05, 4.69) is 15.9 Å². The number of nitrogens with zero attached hydrogens (tertiary/aromatic N) is 1. The van der Waals surface area contributed by atoms with Crippen LogP contribution in [0, 0.1) is 0 Å². The number of anilines is 1. The lowest BCUT2D eigenvalue weighted by Gasteiger charge is -2.38. The number of aliphatic hydroxyl groups is 1. The van der Waals surface area contributed by atoms with Crippen molar-refractivity contribution in [3.8, 4) is 5.75 Å². The maximum atomic E-state index is 13.1. The summed E-state index contributed by atoms with van der Waals surface area (Å²) in [6, 6.07) is 14.5. The Morgan fingerprint density at radius 1 is 1.10 bits per heavy atom. The van der Waals surface area contributed by atoms with E-state index in [-0.39, 0.29) is 18.2 Å². The summed E-state index contributed by atoms with van der Waals surface area (Å²) in [5.74, 6) is 0.407. The first-order valence-corrected chi connectivity index (χ1v) is 11.6. The highest BCUT2D eigenvalue weighted by Crippen LogP contribution is 2.31. The number of hydrogen-bond donors (Lipinski definition) is 2. The zero-order valence-corrected chi connectivity index (χ0v) is 19.2. The monoisotopic (exact) mass is 487 g/mol. The van der Waals surface area contributed by atoms with Gasteiger partial charge in [-0.05, 0) is 48.4 Å². The average Bonchev–Trinajstić information content (AvgIpc) is 3.07. The van der Waals surface area contributed by atoms with Crippen molar-refractivity contribution in [1.82, 2.24) is 0 Å². The van der Waals surface area contributed by atoms with Crippen molar-refractivity contribution < 1.29 is 24.3 Å². The summed E-state index contributed by atoms with van der Waals surface area (Å²) in [4.78, 5) is 28.2. The number of halogens is 1. The van der Waals surface area contributed by atoms with Gasteiger partial charge in [-0.25, -0.2) is 4.90 Å². The number of carbonyl (C=O) groups excluding carboxylic acids is 2. The largest absolute Gasteiger partial charge is 0.494 e. The van der Waals surface area contributed by atoms with E-state index in [0.29, 0.717) is 38.2 Å². The Morgan fingerprint density at radius 3 is 2.35 bits per heavy atom.